The van der Waals surface area contributed by atoms with Crippen molar-refractivity contribution in [1.29, 1.82) is 0 Å². The van der Waals surface area contributed by atoms with Crippen LogP contribution in [-0.4, -0.2) is 157 Å². The summed E-state index contributed by atoms with van der Waals surface area (Å²) in [6.07, 6.45) is 65.2. The van der Waals surface area contributed by atoms with Gasteiger partial charge in [-0.1, -0.05) is 153 Å². The Balaban J connectivity index is 5.38. The Morgan fingerprint density at radius 2 is 0.480 bits per heavy atom. The molecule has 0 aromatic carbocycles. The highest BCUT2D eigenvalue weighted by Gasteiger charge is 2.18. The van der Waals surface area contributed by atoms with Crippen molar-refractivity contribution in [3.8, 4) is 0 Å². The van der Waals surface area contributed by atoms with E-state index < -0.39 is 18.9 Å². The van der Waals surface area contributed by atoms with E-state index in [2.05, 4.69) is 124 Å². The summed E-state index contributed by atoms with van der Waals surface area (Å²) in [6.45, 7) is 23.8. The van der Waals surface area contributed by atoms with Crippen LogP contribution in [0.1, 0.15) is 318 Å². The van der Waals surface area contributed by atoms with E-state index in [9.17, 15) is 19.5 Å². The van der Waals surface area contributed by atoms with Gasteiger partial charge < -0.3 is 57.5 Å². The number of nitrogens with zero attached hydrogens (tertiary/aromatic N) is 2. The van der Waals surface area contributed by atoms with Crippen LogP contribution in [0, 0.1) is 0 Å². The molecule has 0 rings (SSSR count). The van der Waals surface area contributed by atoms with Gasteiger partial charge in [0, 0.05) is 85.1 Å². The van der Waals surface area contributed by atoms with Crippen LogP contribution in [-0.2, 0) is 57.0 Å². The fraction of sp³-hybridized carbons (Fsp3) is 0.819. The summed E-state index contributed by atoms with van der Waals surface area (Å²) < 4.78 is 53.9. The predicted octanol–water partition coefficient (Wildman–Crippen LogP) is 20.5. The largest absolute Gasteiger partial charge is 0.466 e. The van der Waals surface area contributed by atoms with Crippen LogP contribution in [0.4, 0.5) is 0 Å². The molecule has 0 aromatic heterocycles. The predicted molar refractivity (Wildman–Crippen MR) is 407 cm³/mol. The van der Waals surface area contributed by atoms with Gasteiger partial charge in [-0.2, -0.15) is 0 Å². The van der Waals surface area contributed by atoms with Crippen molar-refractivity contribution in [1.82, 2.24) is 9.80 Å². The Bertz CT molecular complexity index is 1720. The molecule has 0 spiro atoms. The van der Waals surface area contributed by atoms with E-state index >= 15 is 0 Å². The zero-order valence-corrected chi connectivity index (χ0v) is 64.1. The van der Waals surface area contributed by atoms with E-state index in [4.69, 9.17) is 42.6 Å². The molecule has 1 N–H and O–H groups in total. The van der Waals surface area contributed by atoms with Crippen LogP contribution >= 0.6 is 0 Å². The van der Waals surface area contributed by atoms with Gasteiger partial charge in [0.05, 0.1) is 39.1 Å². The second-order valence-corrected chi connectivity index (χ2v) is 26.0. The molecule has 15 nitrogen and oxygen atoms in total. The highest BCUT2D eigenvalue weighted by molar-refractivity contribution is 5.70. The van der Waals surface area contributed by atoms with Gasteiger partial charge in [0.2, 0.25) is 0 Å². The van der Waals surface area contributed by atoms with E-state index in [0.717, 1.165) is 277 Å². The van der Waals surface area contributed by atoms with Crippen LogP contribution < -0.4 is 0 Å². The number of aliphatic hydroxyl groups excluding tert-OH is 1. The van der Waals surface area contributed by atoms with Crippen LogP contribution in [0.2, 0.25) is 0 Å². The van der Waals surface area contributed by atoms with E-state index in [-0.39, 0.29) is 43.8 Å². The quantitative estimate of drug-likeness (QED) is 0.0201. The number of allylic oxidation sites excluding steroid dienone is 12. The second-order valence-electron chi connectivity index (χ2n) is 26.0. The molecule has 572 valence electrons. The average molecular weight is 1390 g/mol. The number of rotatable bonds is 78. The molecule has 0 radical (unpaired) electrons. The first kappa shape index (κ1) is 94.5. The van der Waals surface area contributed by atoms with Crippen molar-refractivity contribution in [3.05, 3.63) is 72.9 Å². The minimum Gasteiger partial charge on any atom is -0.466 e. The Morgan fingerprint density at radius 3 is 0.704 bits per heavy atom. The molecule has 0 amide bonds. The van der Waals surface area contributed by atoms with Crippen LogP contribution in [0.15, 0.2) is 72.9 Å². The minimum atomic E-state index is -0.399. The number of ether oxygens (including phenoxy) is 9. The fourth-order valence-electron chi connectivity index (χ4n) is 10.9. The highest BCUT2D eigenvalue weighted by Crippen LogP contribution is 2.16. The lowest BCUT2D eigenvalue weighted by atomic mass is 10.1. The fourth-order valence-corrected chi connectivity index (χ4v) is 10.9. The molecule has 0 saturated carbocycles. The molecule has 98 heavy (non-hydrogen) atoms. The summed E-state index contributed by atoms with van der Waals surface area (Å²) in [5.74, 6) is -0.576. The summed E-state index contributed by atoms with van der Waals surface area (Å²) in [5, 5.41) is 9.88. The molecule has 0 aliphatic rings. The Kier molecular flexibility index (Phi) is 76.4. The van der Waals surface area contributed by atoms with Gasteiger partial charge in [0.25, 0.3) is 0 Å². The van der Waals surface area contributed by atoms with E-state index in [1.54, 1.807) is 0 Å². The van der Waals surface area contributed by atoms with E-state index in [1.807, 2.05) is 0 Å². The van der Waals surface area contributed by atoms with Crippen molar-refractivity contribution in [3.63, 3.8) is 0 Å². The average Bonchev–Trinajstić information content (AvgIpc) is 3.11. The minimum absolute atomic E-state index is 0.167. The topological polar surface area (TPSA) is 161 Å². The Labute approximate surface area is 601 Å². The van der Waals surface area contributed by atoms with Gasteiger partial charge in [-0.25, -0.2) is 0 Å². The van der Waals surface area contributed by atoms with Crippen molar-refractivity contribution in [2.75, 3.05) is 105 Å². The Morgan fingerprint density at radius 1 is 0.265 bits per heavy atom. The molecular weight excluding hydrogens is 1230 g/mol. The van der Waals surface area contributed by atoms with Crippen LogP contribution in [0.25, 0.3) is 0 Å². The maximum absolute atomic E-state index is 12.9. The maximum atomic E-state index is 12.9. The molecular formula is C83H152N2O13. The summed E-state index contributed by atoms with van der Waals surface area (Å²) in [7, 11) is 0. The summed E-state index contributed by atoms with van der Waals surface area (Å²) in [5.41, 5.74) is 0. The van der Waals surface area contributed by atoms with Gasteiger partial charge in [0.15, 0.2) is 18.9 Å². The van der Waals surface area contributed by atoms with E-state index in [1.165, 1.54) is 0 Å². The van der Waals surface area contributed by atoms with Crippen molar-refractivity contribution >= 4 is 17.9 Å². The van der Waals surface area contributed by atoms with Crippen molar-refractivity contribution in [2.45, 2.75) is 337 Å². The maximum Gasteiger partial charge on any atom is 0.305 e. The number of aliphatic hydroxyl groups is 1. The van der Waals surface area contributed by atoms with Gasteiger partial charge in [0.1, 0.15) is 0 Å². The Hall–Kier alpha value is -3.51. The zero-order valence-electron chi connectivity index (χ0n) is 64.1. The first-order chi connectivity index (χ1) is 48.3. The molecule has 0 aliphatic carbocycles. The number of hydrogen-bond donors (Lipinski definition) is 1. The number of carbonyl (C=O) groups excluding carboxylic acids is 3. The van der Waals surface area contributed by atoms with Crippen LogP contribution in [0.3, 0.4) is 0 Å². The third kappa shape index (κ3) is 70.9. The zero-order chi connectivity index (χ0) is 71.2. The third-order valence-corrected chi connectivity index (χ3v) is 16.8. The lowest BCUT2D eigenvalue weighted by Gasteiger charge is -2.28. The standard InChI is InChI=1S/C83H152N2O13/c1-7-13-19-25-34-49-72-93-81(94-73-50-35-26-20-14-8-2)59-56-78(87)90-69-46-40-31-43-62-84(63-44-32-41-47-70-91-79(88)57-60-82(95-74-51-36-27-21-15-9-3)96-75-52-37-28-22-16-10-4)66-67-85(65-55-68-86)64-45-33-42-48-71-92-80(89)58-61-83(97-76-53-38-29-23-17-11-5)98-77-54-39-30-24-18-12-6/h13-24,81-83,86H,7-12,25-77H2,1-6H3/b19-13-,20-14-,21-15-,22-16-,23-17-,24-18-. The monoisotopic (exact) mass is 1390 g/mol. The molecule has 0 unspecified atom stereocenters. The summed E-state index contributed by atoms with van der Waals surface area (Å²) in [6, 6.07) is 0. The van der Waals surface area contributed by atoms with E-state index in [0.29, 0.717) is 78.7 Å². The van der Waals surface area contributed by atoms with Crippen molar-refractivity contribution in [2.24, 2.45) is 0 Å². The number of esters is 3. The second kappa shape index (κ2) is 79.2. The lowest BCUT2D eigenvalue weighted by Crippen LogP contribution is -2.37. The normalized spacial score (nSPS) is 12.4. The summed E-state index contributed by atoms with van der Waals surface area (Å²) in [4.78, 5) is 43.8. The first-order valence-corrected chi connectivity index (χ1v) is 40.4. The summed E-state index contributed by atoms with van der Waals surface area (Å²) >= 11 is 0. The molecule has 15 heteroatoms. The molecule has 0 heterocycles. The molecule has 0 saturated heterocycles. The van der Waals surface area contributed by atoms with Gasteiger partial charge in [-0.15, -0.1) is 0 Å². The number of carbonyl (C=O) groups is 3. The molecule has 0 bridgehead atoms. The molecule has 0 fully saturated rings. The van der Waals surface area contributed by atoms with Gasteiger partial charge >= 0.3 is 17.9 Å². The van der Waals surface area contributed by atoms with Crippen LogP contribution in [0.5, 0.6) is 0 Å². The van der Waals surface area contributed by atoms with Gasteiger partial charge in [-0.05, 0) is 219 Å². The lowest BCUT2D eigenvalue weighted by molar-refractivity contribution is -0.159. The number of unbranched alkanes of at least 4 members (excludes halogenated alkanes) is 21. The van der Waals surface area contributed by atoms with Crippen molar-refractivity contribution < 1.29 is 62.1 Å². The first-order valence-electron chi connectivity index (χ1n) is 40.4. The molecule has 0 aromatic rings. The number of hydrogen-bond acceptors (Lipinski definition) is 15. The third-order valence-electron chi connectivity index (χ3n) is 16.8. The smallest absolute Gasteiger partial charge is 0.305 e. The molecule has 0 atom stereocenters. The highest BCUT2D eigenvalue weighted by atomic mass is 16.7. The van der Waals surface area contributed by atoms with Gasteiger partial charge in [-0.3, -0.25) is 14.4 Å². The SMILES string of the molecule is CC/C=C\CCCCOC(CCC(=O)OCCCCCCN(CCCO)CCN(CCCCCCOC(=O)CCC(OCCCC/C=C\CC)OCCCC/C=C\CC)CCCCCCOC(=O)CCC(OCCCC/C=C\CC)OCCCC/C=C\CC)OCCCC/C=C\CC. The molecule has 0 aliphatic heterocycles.